The van der Waals surface area contributed by atoms with E-state index in [4.69, 9.17) is 4.52 Å². The standard InChI is InChI=1S/C16H25N3O3/c20-13-4-1-3-11(9-13)10-17-14(21)5-2-6-15-18-16(19-22-15)12-7-8-12/h11-13,20H,1-10H2,(H,17,21). The fourth-order valence-electron chi connectivity index (χ4n) is 3.07. The number of hydrogen-bond donors (Lipinski definition) is 2. The van der Waals surface area contributed by atoms with E-state index in [1.54, 1.807) is 0 Å². The van der Waals surface area contributed by atoms with Crippen LogP contribution in [0.3, 0.4) is 0 Å². The van der Waals surface area contributed by atoms with Crippen LogP contribution in [0.5, 0.6) is 0 Å². The Bertz CT molecular complexity index is 499. The SMILES string of the molecule is O=C(CCCc1nc(C2CC2)no1)NCC1CCCC(O)C1. The number of nitrogens with one attached hydrogen (secondary N) is 1. The molecule has 2 aliphatic carbocycles. The average molecular weight is 307 g/mol. The number of carbonyl (C=O) groups is 1. The molecule has 2 aliphatic rings. The molecule has 2 fully saturated rings. The summed E-state index contributed by atoms with van der Waals surface area (Å²) >= 11 is 0. The van der Waals surface area contributed by atoms with Gasteiger partial charge < -0.3 is 14.9 Å². The van der Waals surface area contributed by atoms with Gasteiger partial charge in [0.25, 0.3) is 0 Å². The van der Waals surface area contributed by atoms with Crippen LogP contribution in [-0.4, -0.2) is 33.8 Å². The lowest BCUT2D eigenvalue weighted by atomic mass is 9.87. The molecular formula is C16H25N3O3. The van der Waals surface area contributed by atoms with Crippen molar-refractivity contribution < 1.29 is 14.4 Å². The van der Waals surface area contributed by atoms with E-state index in [1.165, 1.54) is 0 Å². The predicted molar refractivity (Wildman–Crippen MR) is 80.2 cm³/mol. The highest BCUT2D eigenvalue weighted by Gasteiger charge is 2.28. The molecule has 6 heteroatoms. The van der Waals surface area contributed by atoms with Crippen LogP contribution < -0.4 is 5.32 Å². The van der Waals surface area contributed by atoms with E-state index < -0.39 is 0 Å². The maximum Gasteiger partial charge on any atom is 0.226 e. The summed E-state index contributed by atoms with van der Waals surface area (Å²) in [6.07, 6.45) is 7.88. The first-order valence-corrected chi connectivity index (χ1v) is 8.48. The predicted octanol–water partition coefficient (Wildman–Crippen LogP) is 1.94. The van der Waals surface area contributed by atoms with Crippen LogP contribution >= 0.6 is 0 Å². The Kier molecular flexibility index (Phi) is 5.08. The molecule has 1 heterocycles. The van der Waals surface area contributed by atoms with Crippen molar-refractivity contribution in [2.75, 3.05) is 6.54 Å². The average Bonchev–Trinajstić information content (AvgIpc) is 3.25. The molecule has 0 saturated heterocycles. The summed E-state index contributed by atoms with van der Waals surface area (Å²) in [7, 11) is 0. The molecule has 1 amide bonds. The Labute approximate surface area is 130 Å². The van der Waals surface area contributed by atoms with E-state index in [0.29, 0.717) is 37.1 Å². The van der Waals surface area contributed by atoms with Crippen molar-refractivity contribution in [3.05, 3.63) is 11.7 Å². The first-order chi connectivity index (χ1) is 10.7. The van der Waals surface area contributed by atoms with Gasteiger partial charge in [0.2, 0.25) is 11.8 Å². The summed E-state index contributed by atoms with van der Waals surface area (Å²) in [5, 5.41) is 16.6. The first-order valence-electron chi connectivity index (χ1n) is 8.48. The summed E-state index contributed by atoms with van der Waals surface area (Å²) in [5.41, 5.74) is 0. The Morgan fingerprint density at radius 2 is 2.18 bits per heavy atom. The molecule has 0 radical (unpaired) electrons. The summed E-state index contributed by atoms with van der Waals surface area (Å²) in [6, 6.07) is 0. The second-order valence-corrected chi connectivity index (χ2v) is 6.66. The normalized spacial score (nSPS) is 25.1. The lowest BCUT2D eigenvalue weighted by molar-refractivity contribution is -0.121. The van der Waals surface area contributed by atoms with Gasteiger partial charge in [-0.2, -0.15) is 4.98 Å². The van der Waals surface area contributed by atoms with Crippen molar-refractivity contribution in [2.45, 2.75) is 69.8 Å². The highest BCUT2D eigenvalue weighted by Crippen LogP contribution is 2.38. The second kappa shape index (κ2) is 7.22. The second-order valence-electron chi connectivity index (χ2n) is 6.66. The zero-order valence-corrected chi connectivity index (χ0v) is 13.0. The van der Waals surface area contributed by atoms with E-state index in [0.717, 1.165) is 50.8 Å². The first kappa shape index (κ1) is 15.5. The molecular weight excluding hydrogens is 282 g/mol. The maximum atomic E-state index is 11.8. The van der Waals surface area contributed by atoms with Crippen LogP contribution in [0, 0.1) is 5.92 Å². The van der Waals surface area contributed by atoms with Gasteiger partial charge in [-0.3, -0.25) is 4.79 Å². The minimum absolute atomic E-state index is 0.0713. The van der Waals surface area contributed by atoms with E-state index in [2.05, 4.69) is 15.5 Å². The number of aliphatic hydroxyl groups excluding tert-OH is 1. The summed E-state index contributed by atoms with van der Waals surface area (Å²) < 4.78 is 5.19. The lowest BCUT2D eigenvalue weighted by Crippen LogP contribution is -2.32. The van der Waals surface area contributed by atoms with E-state index in [1.807, 2.05) is 0 Å². The van der Waals surface area contributed by atoms with Gasteiger partial charge >= 0.3 is 0 Å². The molecule has 0 bridgehead atoms. The fourth-order valence-corrected chi connectivity index (χ4v) is 3.07. The Balaban J connectivity index is 1.30. The lowest BCUT2D eigenvalue weighted by Gasteiger charge is -2.25. The number of aryl methyl sites for hydroxylation is 1. The topological polar surface area (TPSA) is 88.2 Å². The third-order valence-corrected chi connectivity index (χ3v) is 4.56. The minimum atomic E-state index is -0.186. The third-order valence-electron chi connectivity index (χ3n) is 4.56. The van der Waals surface area contributed by atoms with Crippen LogP contribution in [-0.2, 0) is 11.2 Å². The van der Waals surface area contributed by atoms with E-state index in [9.17, 15) is 9.90 Å². The number of nitrogens with zero attached hydrogens (tertiary/aromatic N) is 2. The number of carbonyl (C=O) groups excluding carboxylic acids is 1. The van der Waals surface area contributed by atoms with Crippen molar-refractivity contribution >= 4 is 5.91 Å². The van der Waals surface area contributed by atoms with Crippen LogP contribution in [0.2, 0.25) is 0 Å². The summed E-state index contributed by atoms with van der Waals surface area (Å²) in [5.74, 6) is 2.47. The molecule has 0 aliphatic heterocycles. The highest BCUT2D eigenvalue weighted by molar-refractivity contribution is 5.75. The molecule has 2 unspecified atom stereocenters. The third kappa shape index (κ3) is 4.53. The van der Waals surface area contributed by atoms with Gasteiger partial charge in [-0.05, 0) is 44.4 Å². The molecule has 2 saturated carbocycles. The molecule has 6 nitrogen and oxygen atoms in total. The Morgan fingerprint density at radius 3 is 2.95 bits per heavy atom. The summed E-state index contributed by atoms with van der Waals surface area (Å²) in [4.78, 5) is 16.2. The van der Waals surface area contributed by atoms with Gasteiger partial charge in [0.05, 0.1) is 6.10 Å². The minimum Gasteiger partial charge on any atom is -0.393 e. The largest absolute Gasteiger partial charge is 0.393 e. The van der Waals surface area contributed by atoms with Gasteiger partial charge in [-0.15, -0.1) is 0 Å². The van der Waals surface area contributed by atoms with Crippen LogP contribution in [0.1, 0.15) is 69.0 Å². The van der Waals surface area contributed by atoms with Crippen molar-refractivity contribution in [2.24, 2.45) is 5.92 Å². The monoisotopic (exact) mass is 307 g/mol. The molecule has 1 aromatic heterocycles. The summed E-state index contributed by atoms with van der Waals surface area (Å²) in [6.45, 7) is 0.683. The van der Waals surface area contributed by atoms with E-state index >= 15 is 0 Å². The number of hydrogen-bond acceptors (Lipinski definition) is 5. The van der Waals surface area contributed by atoms with Gasteiger partial charge in [0, 0.05) is 25.3 Å². The maximum absolute atomic E-state index is 11.8. The quantitative estimate of drug-likeness (QED) is 0.803. The van der Waals surface area contributed by atoms with Crippen LogP contribution in [0.15, 0.2) is 4.52 Å². The van der Waals surface area contributed by atoms with Crippen LogP contribution in [0.4, 0.5) is 0 Å². The number of amides is 1. The van der Waals surface area contributed by atoms with Crippen molar-refractivity contribution in [1.29, 1.82) is 0 Å². The van der Waals surface area contributed by atoms with Crippen molar-refractivity contribution in [3.63, 3.8) is 0 Å². The van der Waals surface area contributed by atoms with Crippen molar-refractivity contribution in [3.8, 4) is 0 Å². The van der Waals surface area contributed by atoms with Gasteiger partial charge in [-0.25, -0.2) is 0 Å². The van der Waals surface area contributed by atoms with Gasteiger partial charge in [0.15, 0.2) is 5.82 Å². The molecule has 3 rings (SSSR count). The zero-order valence-electron chi connectivity index (χ0n) is 13.0. The number of aliphatic hydroxyl groups is 1. The molecule has 22 heavy (non-hydrogen) atoms. The van der Waals surface area contributed by atoms with Gasteiger partial charge in [0.1, 0.15) is 0 Å². The molecule has 2 N–H and O–H groups in total. The highest BCUT2D eigenvalue weighted by atomic mass is 16.5. The fraction of sp³-hybridized carbons (Fsp3) is 0.812. The Hall–Kier alpha value is -1.43. The molecule has 1 aromatic rings. The Morgan fingerprint density at radius 1 is 1.32 bits per heavy atom. The van der Waals surface area contributed by atoms with Gasteiger partial charge in [-0.1, -0.05) is 11.6 Å². The number of aromatic nitrogens is 2. The number of rotatable bonds is 7. The molecule has 0 aromatic carbocycles. The smallest absolute Gasteiger partial charge is 0.226 e. The van der Waals surface area contributed by atoms with Crippen molar-refractivity contribution in [1.82, 2.24) is 15.5 Å². The molecule has 122 valence electrons. The van der Waals surface area contributed by atoms with E-state index in [-0.39, 0.29) is 12.0 Å². The molecule has 0 spiro atoms. The molecule has 2 atom stereocenters. The van der Waals surface area contributed by atoms with Crippen LogP contribution in [0.25, 0.3) is 0 Å². The zero-order chi connectivity index (χ0) is 15.4.